The molecule has 0 fully saturated rings. The van der Waals surface area contributed by atoms with Crippen LogP contribution < -0.4 is 5.73 Å². The minimum Gasteiger partial charge on any atom is -0.507 e. The van der Waals surface area contributed by atoms with Crippen LogP contribution in [-0.4, -0.2) is 5.11 Å². The highest BCUT2D eigenvalue weighted by Crippen LogP contribution is 2.30. The standard InChI is InChI=1S/C12H16FNO.ClH/c1-7(2)4-11(14)10-6-9(13)5-8(3)12(10)15;/h5-6,11,15H,1,4,14H2,2-3H3;1H/t11-;/m0./s1. The molecule has 0 aliphatic heterocycles. The van der Waals surface area contributed by atoms with E-state index < -0.39 is 6.04 Å². The van der Waals surface area contributed by atoms with Gasteiger partial charge in [0.05, 0.1) is 0 Å². The van der Waals surface area contributed by atoms with Crippen LogP contribution in [-0.2, 0) is 0 Å². The summed E-state index contributed by atoms with van der Waals surface area (Å²) in [5, 5.41) is 9.73. The average Bonchev–Trinajstić information content (AvgIpc) is 2.09. The number of phenols is 1. The lowest BCUT2D eigenvalue weighted by atomic mass is 9.98. The normalized spacial score (nSPS) is 11.8. The predicted octanol–water partition coefficient (Wildman–Crippen LogP) is 3.23. The van der Waals surface area contributed by atoms with Crippen LogP contribution in [0.25, 0.3) is 0 Å². The third-order valence-corrected chi connectivity index (χ3v) is 2.26. The van der Waals surface area contributed by atoms with Crippen LogP contribution in [0.3, 0.4) is 0 Å². The first kappa shape index (κ1) is 14.9. The van der Waals surface area contributed by atoms with Gasteiger partial charge >= 0.3 is 0 Å². The molecule has 0 aliphatic rings. The molecule has 0 spiro atoms. The van der Waals surface area contributed by atoms with E-state index in [1.54, 1.807) is 6.92 Å². The minimum absolute atomic E-state index is 0. The second-order valence-electron chi connectivity index (χ2n) is 3.93. The van der Waals surface area contributed by atoms with E-state index in [9.17, 15) is 9.50 Å². The van der Waals surface area contributed by atoms with E-state index in [1.807, 2.05) is 6.92 Å². The molecule has 0 saturated carbocycles. The summed E-state index contributed by atoms with van der Waals surface area (Å²) >= 11 is 0. The molecule has 2 nitrogen and oxygen atoms in total. The van der Waals surface area contributed by atoms with Gasteiger partial charge in [-0.05, 0) is 38.0 Å². The molecule has 16 heavy (non-hydrogen) atoms. The van der Waals surface area contributed by atoms with Crippen molar-refractivity contribution in [3.63, 3.8) is 0 Å². The molecule has 0 saturated heterocycles. The Morgan fingerprint density at radius 3 is 2.62 bits per heavy atom. The number of hydrogen-bond donors (Lipinski definition) is 2. The molecule has 1 rings (SSSR count). The number of rotatable bonds is 3. The van der Waals surface area contributed by atoms with Crippen molar-refractivity contribution in [2.75, 3.05) is 0 Å². The van der Waals surface area contributed by atoms with Gasteiger partial charge in [0.15, 0.2) is 0 Å². The molecule has 0 radical (unpaired) electrons. The highest BCUT2D eigenvalue weighted by Gasteiger charge is 2.14. The third-order valence-electron chi connectivity index (χ3n) is 2.26. The van der Waals surface area contributed by atoms with Gasteiger partial charge in [-0.25, -0.2) is 4.39 Å². The summed E-state index contributed by atoms with van der Waals surface area (Å²) < 4.78 is 13.1. The van der Waals surface area contributed by atoms with Crippen molar-refractivity contribution in [1.82, 2.24) is 0 Å². The molecule has 0 amide bonds. The maximum Gasteiger partial charge on any atom is 0.124 e. The van der Waals surface area contributed by atoms with Crippen molar-refractivity contribution in [3.05, 3.63) is 41.2 Å². The lowest BCUT2D eigenvalue weighted by Crippen LogP contribution is -2.11. The molecule has 1 atom stereocenters. The van der Waals surface area contributed by atoms with E-state index in [1.165, 1.54) is 12.1 Å². The topological polar surface area (TPSA) is 46.2 Å². The molecule has 1 aromatic rings. The van der Waals surface area contributed by atoms with Gasteiger partial charge in [-0.15, -0.1) is 19.0 Å². The molecule has 0 unspecified atom stereocenters. The molecule has 4 heteroatoms. The number of halogens is 2. The van der Waals surface area contributed by atoms with Gasteiger partial charge in [0.1, 0.15) is 11.6 Å². The van der Waals surface area contributed by atoms with Gasteiger partial charge in [-0.3, -0.25) is 0 Å². The van der Waals surface area contributed by atoms with Crippen LogP contribution in [0.1, 0.15) is 30.5 Å². The monoisotopic (exact) mass is 245 g/mol. The predicted molar refractivity (Wildman–Crippen MR) is 66.4 cm³/mol. The van der Waals surface area contributed by atoms with Crippen LogP contribution >= 0.6 is 12.4 Å². The number of aryl methyl sites for hydroxylation is 1. The summed E-state index contributed by atoms with van der Waals surface area (Å²) in [4.78, 5) is 0. The fraction of sp³-hybridized carbons (Fsp3) is 0.333. The molecule has 90 valence electrons. The Hall–Kier alpha value is -1.06. The Morgan fingerprint density at radius 2 is 2.12 bits per heavy atom. The number of hydrogen-bond acceptors (Lipinski definition) is 2. The summed E-state index contributed by atoms with van der Waals surface area (Å²) in [6, 6.07) is 2.15. The third kappa shape index (κ3) is 3.51. The maximum atomic E-state index is 13.1. The Kier molecular flexibility index (Phi) is 5.48. The Morgan fingerprint density at radius 1 is 1.56 bits per heavy atom. The van der Waals surface area contributed by atoms with Crippen molar-refractivity contribution < 1.29 is 9.50 Å². The van der Waals surface area contributed by atoms with E-state index in [2.05, 4.69) is 6.58 Å². The second-order valence-corrected chi connectivity index (χ2v) is 3.93. The summed E-state index contributed by atoms with van der Waals surface area (Å²) in [5.41, 5.74) is 7.70. The number of phenolic OH excluding ortho intramolecular Hbond substituents is 1. The first-order valence-corrected chi connectivity index (χ1v) is 4.80. The summed E-state index contributed by atoms with van der Waals surface area (Å²) in [7, 11) is 0. The number of aromatic hydroxyl groups is 1. The van der Waals surface area contributed by atoms with E-state index >= 15 is 0 Å². The molecule has 0 aromatic heterocycles. The molecule has 0 aliphatic carbocycles. The summed E-state index contributed by atoms with van der Waals surface area (Å²) in [5.74, 6) is -0.303. The Labute approximate surface area is 101 Å². The number of benzene rings is 1. The van der Waals surface area contributed by atoms with E-state index in [4.69, 9.17) is 5.73 Å². The Balaban J connectivity index is 0.00000225. The lowest BCUT2D eigenvalue weighted by molar-refractivity contribution is 0.453. The summed E-state index contributed by atoms with van der Waals surface area (Å²) in [6.45, 7) is 7.24. The second kappa shape index (κ2) is 5.87. The van der Waals surface area contributed by atoms with E-state index in [0.29, 0.717) is 17.5 Å². The zero-order chi connectivity index (χ0) is 11.6. The SMILES string of the molecule is C=C(C)C[C@H](N)c1cc(F)cc(C)c1O.Cl. The van der Waals surface area contributed by atoms with Crippen molar-refractivity contribution >= 4 is 12.4 Å². The molecular formula is C12H17ClFNO. The van der Waals surface area contributed by atoms with Gasteiger partial charge in [-0.2, -0.15) is 0 Å². The van der Waals surface area contributed by atoms with Crippen LogP contribution in [0.4, 0.5) is 4.39 Å². The van der Waals surface area contributed by atoms with E-state index in [-0.39, 0.29) is 24.0 Å². The van der Waals surface area contributed by atoms with Crippen molar-refractivity contribution in [2.45, 2.75) is 26.3 Å². The van der Waals surface area contributed by atoms with Crippen LogP contribution in [0.2, 0.25) is 0 Å². The van der Waals surface area contributed by atoms with Gasteiger partial charge < -0.3 is 10.8 Å². The van der Waals surface area contributed by atoms with E-state index in [0.717, 1.165) is 5.57 Å². The molecular weight excluding hydrogens is 229 g/mol. The Bertz CT molecular complexity index is 393. The van der Waals surface area contributed by atoms with Crippen molar-refractivity contribution in [2.24, 2.45) is 5.73 Å². The lowest BCUT2D eigenvalue weighted by Gasteiger charge is -2.15. The van der Waals surface area contributed by atoms with Gasteiger partial charge in [0.2, 0.25) is 0 Å². The van der Waals surface area contributed by atoms with Crippen LogP contribution in [0, 0.1) is 12.7 Å². The number of nitrogens with two attached hydrogens (primary N) is 1. The van der Waals surface area contributed by atoms with Gasteiger partial charge in [-0.1, -0.05) is 5.57 Å². The minimum atomic E-state index is -0.406. The van der Waals surface area contributed by atoms with Crippen LogP contribution in [0.5, 0.6) is 5.75 Å². The molecule has 0 bridgehead atoms. The van der Waals surface area contributed by atoms with Crippen molar-refractivity contribution in [3.8, 4) is 5.75 Å². The fourth-order valence-electron chi connectivity index (χ4n) is 1.53. The van der Waals surface area contributed by atoms with Crippen molar-refractivity contribution in [1.29, 1.82) is 0 Å². The molecule has 1 aromatic carbocycles. The molecule has 3 N–H and O–H groups in total. The van der Waals surface area contributed by atoms with Crippen LogP contribution in [0.15, 0.2) is 24.3 Å². The fourth-order valence-corrected chi connectivity index (χ4v) is 1.53. The van der Waals surface area contributed by atoms with Gasteiger partial charge in [0, 0.05) is 11.6 Å². The smallest absolute Gasteiger partial charge is 0.124 e. The first-order chi connectivity index (χ1) is 6.91. The highest BCUT2D eigenvalue weighted by molar-refractivity contribution is 5.85. The van der Waals surface area contributed by atoms with Gasteiger partial charge in [0.25, 0.3) is 0 Å². The molecule has 0 heterocycles. The zero-order valence-corrected chi connectivity index (χ0v) is 10.3. The first-order valence-electron chi connectivity index (χ1n) is 4.80. The zero-order valence-electron chi connectivity index (χ0n) is 9.46. The quantitative estimate of drug-likeness (QED) is 0.804. The highest BCUT2D eigenvalue weighted by atomic mass is 35.5. The largest absolute Gasteiger partial charge is 0.507 e. The summed E-state index contributed by atoms with van der Waals surface area (Å²) in [6.07, 6.45) is 0.538. The average molecular weight is 246 g/mol. The maximum absolute atomic E-state index is 13.1.